The molecule has 1 fully saturated rings. The Morgan fingerprint density at radius 3 is 2.44 bits per heavy atom. The van der Waals surface area contributed by atoms with Crippen LogP contribution in [0.3, 0.4) is 0 Å². The van der Waals surface area contributed by atoms with Crippen LogP contribution >= 0.6 is 0 Å². The molecule has 18 heavy (non-hydrogen) atoms. The average molecular weight is 250 g/mol. The molecule has 2 rings (SSSR count). The topological polar surface area (TPSA) is 22.3 Å². The number of hydrogen-bond acceptors (Lipinski definition) is 2. The molecule has 1 aliphatic rings. The van der Waals surface area contributed by atoms with Crippen molar-refractivity contribution in [2.75, 3.05) is 13.2 Å². The van der Waals surface area contributed by atoms with Crippen LogP contribution in [0.5, 0.6) is 0 Å². The molecule has 3 heteroatoms. The second-order valence-corrected chi connectivity index (χ2v) is 5.97. The zero-order valence-electron chi connectivity index (χ0n) is 11.7. The summed E-state index contributed by atoms with van der Waals surface area (Å²) in [6, 6.07) is 4.27. The summed E-state index contributed by atoms with van der Waals surface area (Å²) in [5.41, 5.74) is 1.47. The van der Waals surface area contributed by atoms with Crippen LogP contribution in [0.25, 0.3) is 0 Å². The highest BCUT2D eigenvalue weighted by molar-refractivity contribution is 5.03. The predicted octanol–water partition coefficient (Wildman–Crippen LogP) is 2.46. The number of aromatic nitrogens is 1. The molecule has 1 aromatic rings. The van der Waals surface area contributed by atoms with E-state index in [-0.39, 0.29) is 11.7 Å². The molecule has 0 atom stereocenters. The maximum atomic E-state index is 5.72. The minimum atomic E-state index is -0.0101. The van der Waals surface area contributed by atoms with Crippen LogP contribution in [0.15, 0.2) is 24.5 Å². The van der Waals surface area contributed by atoms with Gasteiger partial charge in [-0.15, -0.1) is 0 Å². The molecule has 0 spiro atoms. The zero-order valence-corrected chi connectivity index (χ0v) is 11.7. The van der Waals surface area contributed by atoms with Gasteiger partial charge in [0.1, 0.15) is 6.54 Å². The second-order valence-electron chi connectivity index (χ2n) is 5.97. The predicted molar refractivity (Wildman–Crippen MR) is 70.1 cm³/mol. The van der Waals surface area contributed by atoms with Gasteiger partial charge in [0, 0.05) is 30.4 Å². The van der Waals surface area contributed by atoms with Crippen molar-refractivity contribution in [3.05, 3.63) is 30.1 Å². The molecule has 0 aromatic carbocycles. The van der Waals surface area contributed by atoms with E-state index in [2.05, 4.69) is 49.9 Å². The largest absolute Gasteiger partial charge is 0.352 e. The van der Waals surface area contributed by atoms with E-state index in [0.717, 1.165) is 32.6 Å². The first kappa shape index (κ1) is 13.5. The van der Waals surface area contributed by atoms with Crippen LogP contribution in [0.4, 0.5) is 0 Å². The molecule has 1 saturated heterocycles. The van der Waals surface area contributed by atoms with E-state index in [1.807, 2.05) is 0 Å². The molecule has 0 N–H and O–H groups in total. The molecule has 0 radical (unpaired) electrons. The zero-order chi connectivity index (χ0) is 13.0. The smallest absolute Gasteiger partial charge is 0.169 e. The van der Waals surface area contributed by atoms with Gasteiger partial charge in [-0.3, -0.25) is 0 Å². The van der Waals surface area contributed by atoms with Gasteiger partial charge in [-0.25, -0.2) is 4.57 Å². The van der Waals surface area contributed by atoms with Crippen molar-refractivity contribution in [1.29, 1.82) is 0 Å². The molecule has 0 bridgehead atoms. The number of ether oxygens (including phenoxy) is 2. The average Bonchev–Trinajstić information content (AvgIpc) is 2.34. The maximum Gasteiger partial charge on any atom is 0.169 e. The number of pyridine rings is 1. The fourth-order valence-corrected chi connectivity index (χ4v) is 2.01. The third-order valence-corrected chi connectivity index (χ3v) is 3.23. The fourth-order valence-electron chi connectivity index (χ4n) is 2.01. The van der Waals surface area contributed by atoms with Crippen molar-refractivity contribution < 1.29 is 14.0 Å². The highest BCUT2D eigenvalue weighted by atomic mass is 16.7. The third kappa shape index (κ3) is 4.07. The van der Waals surface area contributed by atoms with Gasteiger partial charge in [0.15, 0.2) is 18.7 Å². The molecule has 0 amide bonds. The lowest BCUT2D eigenvalue weighted by Crippen LogP contribution is -2.38. The lowest BCUT2D eigenvalue weighted by Gasteiger charge is -2.34. The summed E-state index contributed by atoms with van der Waals surface area (Å²) in [6.45, 7) is 9.07. The normalized spacial score (nSPS) is 19.9. The summed E-state index contributed by atoms with van der Waals surface area (Å²) in [5.74, 6) is 0. The van der Waals surface area contributed by atoms with Gasteiger partial charge < -0.3 is 9.47 Å². The summed E-state index contributed by atoms with van der Waals surface area (Å²) in [4.78, 5) is 0. The summed E-state index contributed by atoms with van der Waals surface area (Å²) in [7, 11) is 0. The first-order chi connectivity index (χ1) is 8.55. The first-order valence-electron chi connectivity index (χ1n) is 6.74. The first-order valence-corrected chi connectivity index (χ1v) is 6.74. The SMILES string of the molecule is Cc1cc[n+](CCCC2OCC(C)(C)CO2)cc1. The quantitative estimate of drug-likeness (QED) is 0.766. The lowest BCUT2D eigenvalue weighted by atomic mass is 9.95. The summed E-state index contributed by atoms with van der Waals surface area (Å²) in [5, 5.41) is 0. The Bertz CT molecular complexity index is 363. The Labute approximate surface area is 110 Å². The van der Waals surface area contributed by atoms with Crippen molar-refractivity contribution in [1.82, 2.24) is 0 Å². The molecule has 2 heterocycles. The Kier molecular flexibility index (Phi) is 4.36. The van der Waals surface area contributed by atoms with Gasteiger partial charge in [0.2, 0.25) is 0 Å². The van der Waals surface area contributed by atoms with Gasteiger partial charge >= 0.3 is 0 Å². The van der Waals surface area contributed by atoms with Gasteiger partial charge in [-0.1, -0.05) is 13.8 Å². The monoisotopic (exact) mass is 250 g/mol. The number of rotatable bonds is 4. The minimum absolute atomic E-state index is 0.0101. The van der Waals surface area contributed by atoms with Crippen LogP contribution in [0.2, 0.25) is 0 Å². The number of nitrogens with zero attached hydrogens (tertiary/aromatic N) is 1. The Balaban J connectivity index is 1.68. The van der Waals surface area contributed by atoms with E-state index in [1.165, 1.54) is 5.56 Å². The van der Waals surface area contributed by atoms with Gasteiger partial charge in [-0.05, 0) is 12.5 Å². The highest BCUT2D eigenvalue weighted by Gasteiger charge is 2.28. The standard InChI is InChI=1S/C15H24NO2/c1-13-6-9-16(10-7-13)8-4-5-14-17-11-15(2,3)12-18-14/h6-7,9-10,14H,4-5,8,11-12H2,1-3H3/q+1. The summed E-state index contributed by atoms with van der Waals surface area (Å²) in [6.07, 6.45) is 6.29. The Morgan fingerprint density at radius 1 is 1.22 bits per heavy atom. The molecular weight excluding hydrogens is 226 g/mol. The summed E-state index contributed by atoms with van der Waals surface area (Å²) < 4.78 is 13.6. The van der Waals surface area contributed by atoms with Crippen molar-refractivity contribution >= 4 is 0 Å². The number of hydrogen-bond donors (Lipinski definition) is 0. The maximum absolute atomic E-state index is 5.72. The van der Waals surface area contributed by atoms with E-state index < -0.39 is 0 Å². The van der Waals surface area contributed by atoms with Crippen molar-refractivity contribution in [2.24, 2.45) is 5.41 Å². The molecule has 0 aliphatic carbocycles. The van der Waals surface area contributed by atoms with Crippen molar-refractivity contribution in [3.63, 3.8) is 0 Å². The van der Waals surface area contributed by atoms with Crippen LogP contribution in [0, 0.1) is 12.3 Å². The van der Waals surface area contributed by atoms with Crippen LogP contribution in [0.1, 0.15) is 32.3 Å². The molecule has 3 nitrogen and oxygen atoms in total. The summed E-state index contributed by atoms with van der Waals surface area (Å²) >= 11 is 0. The Hall–Kier alpha value is -0.930. The van der Waals surface area contributed by atoms with Crippen molar-refractivity contribution in [2.45, 2.75) is 46.4 Å². The molecule has 100 valence electrons. The van der Waals surface area contributed by atoms with Crippen LogP contribution < -0.4 is 4.57 Å². The second kappa shape index (κ2) is 5.81. The van der Waals surface area contributed by atoms with Crippen molar-refractivity contribution in [3.8, 4) is 0 Å². The van der Waals surface area contributed by atoms with E-state index in [0.29, 0.717) is 0 Å². The van der Waals surface area contributed by atoms with E-state index in [1.54, 1.807) is 0 Å². The van der Waals surface area contributed by atoms with E-state index in [4.69, 9.17) is 9.47 Å². The molecule has 0 unspecified atom stereocenters. The number of aryl methyl sites for hydroxylation is 2. The molecular formula is C15H24NO2+. The Morgan fingerprint density at radius 2 is 1.83 bits per heavy atom. The highest BCUT2D eigenvalue weighted by Crippen LogP contribution is 2.24. The molecule has 0 saturated carbocycles. The third-order valence-electron chi connectivity index (χ3n) is 3.23. The van der Waals surface area contributed by atoms with E-state index >= 15 is 0 Å². The molecule has 1 aliphatic heterocycles. The lowest BCUT2D eigenvalue weighted by molar-refractivity contribution is -0.697. The van der Waals surface area contributed by atoms with Gasteiger partial charge in [-0.2, -0.15) is 0 Å². The van der Waals surface area contributed by atoms with Crippen LogP contribution in [-0.2, 0) is 16.0 Å². The van der Waals surface area contributed by atoms with E-state index in [9.17, 15) is 0 Å². The van der Waals surface area contributed by atoms with Gasteiger partial charge in [0.05, 0.1) is 13.2 Å². The molecule has 1 aromatic heterocycles. The fraction of sp³-hybridized carbons (Fsp3) is 0.667. The minimum Gasteiger partial charge on any atom is -0.352 e. The van der Waals surface area contributed by atoms with Crippen LogP contribution in [-0.4, -0.2) is 19.5 Å². The van der Waals surface area contributed by atoms with Gasteiger partial charge in [0.25, 0.3) is 0 Å².